The minimum Gasteiger partial charge on any atom is -0.385 e. The maximum atomic E-state index is 12.9. The largest absolute Gasteiger partial charge is 0.416 e. The highest BCUT2D eigenvalue weighted by molar-refractivity contribution is 5.63. The second-order valence-corrected chi connectivity index (χ2v) is 6.53. The Bertz CT molecular complexity index is 677. The molecule has 1 heterocycles. The number of benzene rings is 1. The van der Waals surface area contributed by atoms with Gasteiger partial charge in [-0.25, -0.2) is 0 Å². The fraction of sp³-hybridized carbons (Fsp3) is 0.500. The summed E-state index contributed by atoms with van der Waals surface area (Å²) < 4.78 is 77.6. The molecule has 1 aliphatic rings. The van der Waals surface area contributed by atoms with Crippen LogP contribution in [0, 0.1) is 17.2 Å². The van der Waals surface area contributed by atoms with Gasteiger partial charge in [0.15, 0.2) is 0 Å². The van der Waals surface area contributed by atoms with Crippen LogP contribution in [0.5, 0.6) is 0 Å². The van der Waals surface area contributed by atoms with E-state index in [1.54, 1.807) is 0 Å². The molecule has 0 spiro atoms. The van der Waals surface area contributed by atoms with Crippen molar-refractivity contribution >= 4 is 5.70 Å². The van der Waals surface area contributed by atoms with Gasteiger partial charge in [0.25, 0.3) is 0 Å². The van der Waals surface area contributed by atoms with E-state index in [0.717, 1.165) is 25.9 Å². The predicted molar refractivity (Wildman–Crippen MR) is 88.3 cm³/mol. The molecule has 9 heteroatoms. The third-order valence-electron chi connectivity index (χ3n) is 4.54. The lowest BCUT2D eigenvalue weighted by atomic mass is 9.96. The van der Waals surface area contributed by atoms with Crippen molar-refractivity contribution in [3.63, 3.8) is 0 Å². The van der Waals surface area contributed by atoms with Crippen molar-refractivity contribution in [2.45, 2.75) is 25.2 Å². The molecule has 0 bridgehead atoms. The summed E-state index contributed by atoms with van der Waals surface area (Å²) in [6, 6.07) is 3.50. The SMILES string of the molecule is C=C(NCC1CCN(CC#N)CC1)c1cc(C(F)(F)F)cc(C(F)(F)F)c1. The van der Waals surface area contributed by atoms with Crippen molar-refractivity contribution < 1.29 is 26.3 Å². The van der Waals surface area contributed by atoms with Crippen LogP contribution in [0.15, 0.2) is 24.8 Å². The van der Waals surface area contributed by atoms with Gasteiger partial charge in [-0.1, -0.05) is 6.58 Å². The molecule has 0 radical (unpaired) electrons. The Morgan fingerprint density at radius 3 is 2.04 bits per heavy atom. The van der Waals surface area contributed by atoms with E-state index >= 15 is 0 Å². The van der Waals surface area contributed by atoms with Gasteiger partial charge in [0.2, 0.25) is 0 Å². The van der Waals surface area contributed by atoms with Crippen molar-refractivity contribution in [3.8, 4) is 6.07 Å². The second-order valence-electron chi connectivity index (χ2n) is 6.53. The van der Waals surface area contributed by atoms with Gasteiger partial charge in [-0.2, -0.15) is 31.6 Å². The van der Waals surface area contributed by atoms with E-state index in [0.29, 0.717) is 25.2 Å². The summed E-state index contributed by atoms with van der Waals surface area (Å²) in [5, 5.41) is 11.5. The molecule has 0 aliphatic carbocycles. The van der Waals surface area contributed by atoms with E-state index in [1.165, 1.54) is 0 Å². The van der Waals surface area contributed by atoms with Gasteiger partial charge < -0.3 is 5.32 Å². The van der Waals surface area contributed by atoms with Gasteiger partial charge in [-0.3, -0.25) is 4.90 Å². The van der Waals surface area contributed by atoms with Crippen molar-refractivity contribution in [1.82, 2.24) is 10.2 Å². The molecular formula is C18H19F6N3. The Hall–Kier alpha value is -2.21. The maximum Gasteiger partial charge on any atom is 0.416 e. The van der Waals surface area contributed by atoms with Crippen LogP contribution in [-0.4, -0.2) is 31.1 Å². The minimum atomic E-state index is -4.89. The molecule has 1 fully saturated rings. The summed E-state index contributed by atoms with van der Waals surface area (Å²) in [6.07, 6.45) is -8.19. The Balaban J connectivity index is 2.06. The number of piperidine rings is 1. The molecule has 148 valence electrons. The van der Waals surface area contributed by atoms with Crippen LogP contribution < -0.4 is 5.32 Å². The minimum absolute atomic E-state index is 0.0195. The highest BCUT2D eigenvalue weighted by atomic mass is 19.4. The third-order valence-corrected chi connectivity index (χ3v) is 4.54. The van der Waals surface area contributed by atoms with Gasteiger partial charge in [0.05, 0.1) is 23.7 Å². The molecule has 1 aliphatic heterocycles. The van der Waals surface area contributed by atoms with Crippen molar-refractivity contribution in [2.75, 3.05) is 26.2 Å². The number of alkyl halides is 6. The summed E-state index contributed by atoms with van der Waals surface area (Å²) in [5.74, 6) is 0.213. The fourth-order valence-corrected chi connectivity index (χ4v) is 2.95. The number of halogens is 6. The molecule has 3 nitrogen and oxygen atoms in total. The molecule has 27 heavy (non-hydrogen) atoms. The number of nitrogens with zero attached hydrogens (tertiary/aromatic N) is 2. The van der Waals surface area contributed by atoms with Crippen molar-refractivity contribution in [1.29, 1.82) is 5.26 Å². The Labute approximate surface area is 153 Å². The Kier molecular flexibility index (Phi) is 6.42. The lowest BCUT2D eigenvalue weighted by Crippen LogP contribution is -2.37. The standard InChI is InChI=1S/C18H19F6N3/c1-12(26-11-13-2-5-27(6-3-13)7-4-25)14-8-15(17(19,20)21)10-16(9-14)18(22,23)24/h8-10,13,26H,1-3,5-7,11H2. The number of hydrogen-bond donors (Lipinski definition) is 1. The lowest BCUT2D eigenvalue weighted by Gasteiger charge is -2.30. The molecule has 2 rings (SSSR count). The summed E-state index contributed by atoms with van der Waals surface area (Å²) in [6.45, 7) is 5.81. The van der Waals surface area contributed by atoms with Gasteiger partial charge in [0, 0.05) is 12.2 Å². The predicted octanol–water partition coefficient (Wildman–Crippen LogP) is 4.52. The molecule has 0 unspecified atom stereocenters. The quantitative estimate of drug-likeness (QED) is 0.593. The molecule has 1 saturated heterocycles. The van der Waals surface area contributed by atoms with Crippen LogP contribution in [-0.2, 0) is 12.4 Å². The summed E-state index contributed by atoms with van der Waals surface area (Å²) >= 11 is 0. The Morgan fingerprint density at radius 1 is 1.07 bits per heavy atom. The highest BCUT2D eigenvalue weighted by Gasteiger charge is 2.37. The smallest absolute Gasteiger partial charge is 0.385 e. The molecule has 0 aromatic heterocycles. The first-order chi connectivity index (χ1) is 12.5. The second kappa shape index (κ2) is 8.21. The van der Waals surface area contributed by atoms with Crippen LogP contribution >= 0.6 is 0 Å². The van der Waals surface area contributed by atoms with E-state index in [2.05, 4.69) is 18.0 Å². The average molecular weight is 391 g/mol. The zero-order valence-electron chi connectivity index (χ0n) is 14.4. The zero-order valence-corrected chi connectivity index (χ0v) is 14.4. The first-order valence-electron chi connectivity index (χ1n) is 8.32. The Morgan fingerprint density at radius 2 is 1.59 bits per heavy atom. The molecule has 1 aromatic rings. The van der Waals surface area contributed by atoms with Crippen LogP contribution in [0.25, 0.3) is 5.70 Å². The number of nitrogens with one attached hydrogen (secondary N) is 1. The van der Waals surface area contributed by atoms with E-state index in [-0.39, 0.29) is 23.2 Å². The average Bonchev–Trinajstić information content (AvgIpc) is 2.59. The molecular weight excluding hydrogens is 372 g/mol. The van der Waals surface area contributed by atoms with Crippen LogP contribution in [0.1, 0.15) is 29.5 Å². The van der Waals surface area contributed by atoms with Gasteiger partial charge in [0.1, 0.15) is 0 Å². The fourth-order valence-electron chi connectivity index (χ4n) is 2.95. The van der Waals surface area contributed by atoms with Gasteiger partial charge in [-0.15, -0.1) is 0 Å². The molecule has 0 amide bonds. The normalized spacial score (nSPS) is 16.8. The van der Waals surface area contributed by atoms with Crippen molar-refractivity contribution in [2.24, 2.45) is 5.92 Å². The zero-order chi connectivity index (χ0) is 20.2. The monoisotopic (exact) mass is 391 g/mol. The molecule has 1 N–H and O–H groups in total. The van der Waals surface area contributed by atoms with Crippen LogP contribution in [0.4, 0.5) is 26.3 Å². The summed E-state index contributed by atoms with van der Waals surface area (Å²) in [7, 11) is 0. The van der Waals surface area contributed by atoms with E-state index < -0.39 is 23.5 Å². The van der Waals surface area contributed by atoms with Gasteiger partial charge in [-0.05, 0) is 55.6 Å². The number of hydrogen-bond acceptors (Lipinski definition) is 3. The first-order valence-corrected chi connectivity index (χ1v) is 8.32. The maximum absolute atomic E-state index is 12.9. The lowest BCUT2D eigenvalue weighted by molar-refractivity contribution is -0.143. The van der Waals surface area contributed by atoms with Crippen molar-refractivity contribution in [3.05, 3.63) is 41.5 Å². The summed E-state index contributed by atoms with van der Waals surface area (Å²) in [4.78, 5) is 1.99. The van der Waals surface area contributed by atoms with Gasteiger partial charge >= 0.3 is 12.4 Å². The van der Waals surface area contributed by atoms with E-state index in [1.807, 2.05) is 4.90 Å². The van der Waals surface area contributed by atoms with Crippen LogP contribution in [0.3, 0.4) is 0 Å². The molecule has 0 saturated carbocycles. The van der Waals surface area contributed by atoms with E-state index in [4.69, 9.17) is 5.26 Å². The molecule has 1 aromatic carbocycles. The number of nitriles is 1. The molecule has 0 atom stereocenters. The number of rotatable bonds is 5. The topological polar surface area (TPSA) is 39.1 Å². The first kappa shape index (κ1) is 21.1. The number of likely N-dealkylation sites (tertiary alicyclic amines) is 1. The highest BCUT2D eigenvalue weighted by Crippen LogP contribution is 2.37. The van der Waals surface area contributed by atoms with Crippen LogP contribution in [0.2, 0.25) is 0 Å². The third kappa shape index (κ3) is 5.89. The summed E-state index contributed by atoms with van der Waals surface area (Å²) in [5.41, 5.74) is -2.94. The van der Waals surface area contributed by atoms with E-state index in [9.17, 15) is 26.3 Å².